The van der Waals surface area contributed by atoms with E-state index < -0.39 is 61.2 Å². The van der Waals surface area contributed by atoms with Gasteiger partial charge in [0.05, 0.1) is 22.3 Å². The topological polar surface area (TPSA) is 186 Å². The van der Waals surface area contributed by atoms with E-state index in [0.29, 0.717) is 0 Å². The Labute approximate surface area is 249 Å². The molecule has 1 aliphatic rings. The summed E-state index contributed by atoms with van der Waals surface area (Å²) in [6.07, 6.45) is 6.08. The van der Waals surface area contributed by atoms with Gasteiger partial charge in [-0.25, -0.2) is 19.2 Å². The van der Waals surface area contributed by atoms with E-state index in [1.807, 2.05) is 0 Å². The highest BCUT2D eigenvalue weighted by atomic mass is 16.7. The molecule has 224 valence electrons. The summed E-state index contributed by atoms with van der Waals surface area (Å²) >= 11 is 0. The smallest absolute Gasteiger partial charge is 0.340 e. The summed E-state index contributed by atoms with van der Waals surface area (Å²) < 4.78 is 27.8. The molecule has 1 aliphatic heterocycles. The summed E-state index contributed by atoms with van der Waals surface area (Å²) in [5.74, 6) is -6.10. The predicted molar refractivity (Wildman–Crippen MR) is 146 cm³/mol. The van der Waals surface area contributed by atoms with Crippen LogP contribution in [-0.4, -0.2) is 86.2 Å². The maximum Gasteiger partial charge on any atom is 0.340 e. The molecule has 0 saturated carbocycles. The van der Waals surface area contributed by atoms with Gasteiger partial charge in [0, 0.05) is 49.6 Å². The lowest BCUT2D eigenvalue weighted by atomic mass is 10.0. The quantitative estimate of drug-likeness (QED) is 0.205. The number of pyridine rings is 4. The number of hydrogen-bond acceptors (Lipinski definition) is 14. The second-order valence-electron chi connectivity index (χ2n) is 9.34. The van der Waals surface area contributed by atoms with Gasteiger partial charge in [-0.1, -0.05) is 0 Å². The first kappa shape index (κ1) is 29.9. The summed E-state index contributed by atoms with van der Waals surface area (Å²) in [4.78, 5) is 67.1. The predicted octanol–water partition coefficient (Wildman–Crippen LogP) is 1.82. The first-order valence-corrected chi connectivity index (χ1v) is 13.1. The van der Waals surface area contributed by atoms with Crippen LogP contribution in [0.2, 0.25) is 0 Å². The van der Waals surface area contributed by atoms with Gasteiger partial charge in [-0.2, -0.15) is 0 Å². The molecule has 14 heteroatoms. The van der Waals surface area contributed by atoms with Crippen LogP contribution in [0.1, 0.15) is 41.4 Å². The van der Waals surface area contributed by atoms with E-state index in [9.17, 15) is 24.3 Å². The highest BCUT2D eigenvalue weighted by Crippen LogP contribution is 2.36. The zero-order valence-electron chi connectivity index (χ0n) is 22.8. The Kier molecular flexibility index (Phi) is 9.22. The van der Waals surface area contributed by atoms with Gasteiger partial charge in [0.25, 0.3) is 0 Å². The van der Waals surface area contributed by atoms with Crippen LogP contribution in [0.3, 0.4) is 0 Å². The summed E-state index contributed by atoms with van der Waals surface area (Å²) in [5.41, 5.74) is 0.231. The van der Waals surface area contributed by atoms with Crippen molar-refractivity contribution >= 4 is 23.9 Å². The first-order valence-electron chi connectivity index (χ1n) is 13.1. The van der Waals surface area contributed by atoms with E-state index in [1.54, 1.807) is 0 Å². The third-order valence-electron chi connectivity index (χ3n) is 6.32. The SMILES string of the molecule is O=C(OC[C@@H]1O[C@](O)(COC(=O)c2cccnc2)[C@H](OC(=O)c2cccnc2)[C@@H]1OC(=O)c1cccnc1)c1cccnc1. The maximum atomic E-state index is 13.1. The molecule has 4 atom stereocenters. The fourth-order valence-corrected chi connectivity index (χ4v) is 4.19. The van der Waals surface area contributed by atoms with Crippen LogP contribution < -0.4 is 0 Å². The number of carbonyl (C=O) groups excluding carboxylic acids is 4. The van der Waals surface area contributed by atoms with Crippen molar-refractivity contribution < 1.29 is 48.0 Å². The van der Waals surface area contributed by atoms with Gasteiger partial charge in [-0.3, -0.25) is 19.9 Å². The number of aliphatic hydroxyl groups is 1. The molecule has 0 bridgehead atoms. The maximum absolute atomic E-state index is 13.1. The fraction of sp³-hybridized carbons (Fsp3) is 0.200. The Morgan fingerprint density at radius 3 is 1.55 bits per heavy atom. The normalized spacial score (nSPS) is 20.7. The number of aromatic nitrogens is 4. The zero-order valence-corrected chi connectivity index (χ0v) is 22.8. The Balaban J connectivity index is 1.44. The molecule has 1 fully saturated rings. The molecule has 0 spiro atoms. The molecule has 1 N–H and O–H groups in total. The van der Waals surface area contributed by atoms with Crippen molar-refractivity contribution in [3.8, 4) is 0 Å². The van der Waals surface area contributed by atoms with Crippen LogP contribution >= 0.6 is 0 Å². The number of carbonyl (C=O) groups is 4. The van der Waals surface area contributed by atoms with Gasteiger partial charge in [-0.15, -0.1) is 0 Å². The number of esters is 4. The molecule has 0 amide bonds. The van der Waals surface area contributed by atoms with Crippen molar-refractivity contribution in [1.82, 2.24) is 19.9 Å². The van der Waals surface area contributed by atoms with E-state index in [4.69, 9.17) is 23.7 Å². The van der Waals surface area contributed by atoms with Gasteiger partial charge in [0.1, 0.15) is 19.3 Å². The Morgan fingerprint density at radius 1 is 0.659 bits per heavy atom. The largest absolute Gasteiger partial charge is 0.459 e. The highest BCUT2D eigenvalue weighted by molar-refractivity contribution is 5.91. The molecular formula is C30H24N4O10. The molecule has 44 heavy (non-hydrogen) atoms. The third-order valence-corrected chi connectivity index (χ3v) is 6.32. The lowest BCUT2D eigenvalue weighted by molar-refractivity contribution is -0.247. The first-order chi connectivity index (χ1) is 21.3. The molecule has 5 rings (SSSR count). The van der Waals surface area contributed by atoms with Gasteiger partial charge < -0.3 is 28.8 Å². The minimum atomic E-state index is -2.57. The fourth-order valence-electron chi connectivity index (χ4n) is 4.19. The monoisotopic (exact) mass is 600 g/mol. The summed E-state index contributed by atoms with van der Waals surface area (Å²) in [5, 5.41) is 11.7. The second-order valence-corrected chi connectivity index (χ2v) is 9.34. The average molecular weight is 601 g/mol. The lowest BCUT2D eigenvalue weighted by Crippen LogP contribution is -2.51. The Morgan fingerprint density at radius 2 is 1.09 bits per heavy atom. The molecule has 4 aromatic heterocycles. The van der Waals surface area contributed by atoms with E-state index >= 15 is 0 Å². The van der Waals surface area contributed by atoms with Crippen molar-refractivity contribution in [2.75, 3.05) is 13.2 Å². The minimum Gasteiger partial charge on any atom is -0.459 e. The van der Waals surface area contributed by atoms with Crippen molar-refractivity contribution in [2.45, 2.75) is 24.1 Å². The number of nitrogens with zero attached hydrogens (tertiary/aromatic N) is 4. The molecule has 1 saturated heterocycles. The van der Waals surface area contributed by atoms with Crippen LogP contribution in [-0.2, 0) is 23.7 Å². The minimum absolute atomic E-state index is 0.00555. The van der Waals surface area contributed by atoms with E-state index in [-0.39, 0.29) is 22.3 Å². The van der Waals surface area contributed by atoms with Crippen molar-refractivity contribution in [1.29, 1.82) is 0 Å². The number of rotatable bonds is 10. The van der Waals surface area contributed by atoms with Gasteiger partial charge in [-0.05, 0) is 48.5 Å². The summed E-state index contributed by atoms with van der Waals surface area (Å²) in [7, 11) is 0. The lowest BCUT2D eigenvalue weighted by Gasteiger charge is -2.29. The molecule has 14 nitrogen and oxygen atoms in total. The third kappa shape index (κ3) is 7.06. The van der Waals surface area contributed by atoms with Crippen molar-refractivity contribution in [3.63, 3.8) is 0 Å². The second kappa shape index (κ2) is 13.6. The van der Waals surface area contributed by atoms with Crippen LogP contribution in [0.5, 0.6) is 0 Å². The number of hydrogen-bond donors (Lipinski definition) is 1. The van der Waals surface area contributed by atoms with E-state index in [1.165, 1.54) is 98.1 Å². The van der Waals surface area contributed by atoms with Crippen LogP contribution in [0.25, 0.3) is 0 Å². The van der Waals surface area contributed by atoms with Crippen LogP contribution in [0.15, 0.2) is 98.1 Å². The molecule has 0 aromatic carbocycles. The van der Waals surface area contributed by atoms with Gasteiger partial charge >= 0.3 is 23.9 Å². The molecule has 0 unspecified atom stereocenters. The molecular weight excluding hydrogens is 576 g/mol. The molecule has 5 heterocycles. The Bertz CT molecular complexity index is 1600. The summed E-state index contributed by atoms with van der Waals surface area (Å²) in [6.45, 7) is -1.45. The average Bonchev–Trinajstić information content (AvgIpc) is 3.33. The Hall–Kier alpha value is -5.60. The highest BCUT2D eigenvalue weighted by Gasteiger charge is 2.60. The number of ether oxygens (including phenoxy) is 5. The standard InChI is InChI=1S/C30H24N4O10/c35-26(19-5-1-9-31-13-19)40-17-23-24(42-28(37)21-7-3-11-33-15-21)25(43-29(38)22-8-4-12-34-16-22)30(39,44-23)18-41-27(36)20-6-2-10-32-14-20/h1-16,23-25,39H,17-18H2/t23-,24+,25+,30+/m0/s1. The molecule has 0 radical (unpaired) electrons. The van der Waals surface area contributed by atoms with Crippen molar-refractivity contribution in [3.05, 3.63) is 120 Å². The zero-order chi connectivity index (χ0) is 30.9. The van der Waals surface area contributed by atoms with E-state index in [2.05, 4.69) is 19.9 Å². The van der Waals surface area contributed by atoms with Crippen LogP contribution in [0, 0.1) is 0 Å². The van der Waals surface area contributed by atoms with Gasteiger partial charge in [0.15, 0.2) is 12.2 Å². The van der Waals surface area contributed by atoms with Crippen LogP contribution in [0.4, 0.5) is 0 Å². The van der Waals surface area contributed by atoms with E-state index in [0.717, 1.165) is 0 Å². The summed E-state index contributed by atoms with van der Waals surface area (Å²) in [6, 6.07) is 11.8. The van der Waals surface area contributed by atoms with Crippen molar-refractivity contribution in [2.24, 2.45) is 0 Å². The molecule has 4 aromatic rings. The molecule has 0 aliphatic carbocycles. The van der Waals surface area contributed by atoms with Gasteiger partial charge in [0.2, 0.25) is 5.79 Å².